The molecule has 5 nitrogen and oxygen atoms in total. The van der Waals surface area contributed by atoms with Gasteiger partial charge in [-0.15, -0.1) is 0 Å². The fourth-order valence-electron chi connectivity index (χ4n) is 1.43. The number of aldehydes is 2. The third kappa shape index (κ3) is 10.1. The van der Waals surface area contributed by atoms with E-state index in [9.17, 15) is 8.42 Å². The minimum Gasteiger partial charge on any atom is -0.295 e. The molecule has 0 bridgehead atoms. The van der Waals surface area contributed by atoms with E-state index in [4.69, 9.17) is 14.1 Å². The van der Waals surface area contributed by atoms with Gasteiger partial charge in [-0.05, 0) is 23.6 Å². The molecule has 2 aromatic carbocycles. The second-order valence-electron chi connectivity index (χ2n) is 4.63. The highest BCUT2D eigenvalue weighted by molar-refractivity contribution is 7.85. The fraction of sp³-hybridized carbons (Fsp3) is 0.176. The van der Waals surface area contributed by atoms with E-state index < -0.39 is 10.1 Å². The van der Waals surface area contributed by atoms with Crippen molar-refractivity contribution in [2.45, 2.75) is 24.7 Å². The summed E-state index contributed by atoms with van der Waals surface area (Å²) in [7, 11) is -4.00. The molecule has 6 heteroatoms. The highest BCUT2D eigenvalue weighted by Gasteiger charge is 2.05. The van der Waals surface area contributed by atoms with Gasteiger partial charge in [0.05, 0.1) is 4.90 Å². The van der Waals surface area contributed by atoms with E-state index in [1.165, 1.54) is 17.7 Å². The number of hydrogen-bond donors (Lipinski definition) is 1. The molecular weight excluding hydrogens is 316 g/mol. The maximum atomic E-state index is 10.4. The Morgan fingerprint density at radius 3 is 1.43 bits per heavy atom. The molecule has 0 saturated heterocycles. The first-order valence-corrected chi connectivity index (χ1v) is 8.23. The van der Waals surface area contributed by atoms with Gasteiger partial charge in [-0.25, -0.2) is 0 Å². The lowest BCUT2D eigenvalue weighted by Crippen LogP contribution is -1.96. The van der Waals surface area contributed by atoms with Crippen LogP contribution in [0.5, 0.6) is 0 Å². The molecule has 2 rings (SSSR count). The van der Waals surface area contributed by atoms with Gasteiger partial charge in [-0.1, -0.05) is 62.4 Å². The maximum Gasteiger partial charge on any atom is 0.294 e. The third-order valence-electron chi connectivity index (χ3n) is 2.56. The summed E-state index contributed by atoms with van der Waals surface area (Å²) in [6, 6.07) is 17.9. The van der Waals surface area contributed by atoms with Gasteiger partial charge < -0.3 is 0 Å². The van der Waals surface area contributed by atoms with E-state index in [2.05, 4.69) is 38.1 Å². The zero-order chi connectivity index (χ0) is 17.7. The summed E-state index contributed by atoms with van der Waals surface area (Å²) in [5.74, 6) is 0.659. The monoisotopic (exact) mass is 336 g/mol. The Hall–Kier alpha value is -2.31. The summed E-state index contributed by atoms with van der Waals surface area (Å²) in [5, 5.41) is 0. The van der Waals surface area contributed by atoms with Gasteiger partial charge in [0.2, 0.25) is 0 Å². The van der Waals surface area contributed by atoms with Crippen LogP contribution in [0.4, 0.5) is 0 Å². The Balaban J connectivity index is 0.000000345. The molecule has 124 valence electrons. The summed E-state index contributed by atoms with van der Waals surface area (Å²) in [5.41, 5.74) is 1.41. The van der Waals surface area contributed by atoms with E-state index in [-0.39, 0.29) is 17.5 Å². The van der Waals surface area contributed by atoms with E-state index in [1.807, 2.05) is 6.07 Å². The van der Waals surface area contributed by atoms with E-state index in [0.717, 1.165) is 0 Å². The van der Waals surface area contributed by atoms with Crippen molar-refractivity contribution in [3.8, 4) is 0 Å². The van der Waals surface area contributed by atoms with Gasteiger partial charge in [0, 0.05) is 0 Å². The lowest BCUT2D eigenvalue weighted by Gasteiger charge is -2.01. The molecule has 0 fully saturated rings. The van der Waals surface area contributed by atoms with Gasteiger partial charge in [0.1, 0.15) is 0 Å². The Labute approximate surface area is 136 Å². The summed E-state index contributed by atoms with van der Waals surface area (Å²) < 4.78 is 29.2. The number of benzene rings is 2. The average Bonchev–Trinajstić information content (AvgIpc) is 2.56. The topological polar surface area (TPSA) is 88.5 Å². The summed E-state index contributed by atoms with van der Waals surface area (Å²) >= 11 is 0. The SMILES string of the molecule is CC(C)c1ccccc1.O=CC=O.O=S(=O)(O)c1ccccc1. The quantitative estimate of drug-likeness (QED) is 0.528. The van der Waals surface area contributed by atoms with Crippen LogP contribution in [0.3, 0.4) is 0 Å². The van der Waals surface area contributed by atoms with E-state index >= 15 is 0 Å². The van der Waals surface area contributed by atoms with Gasteiger partial charge in [-0.2, -0.15) is 8.42 Å². The van der Waals surface area contributed by atoms with Crippen LogP contribution < -0.4 is 0 Å². The Kier molecular flexibility index (Phi) is 10.1. The van der Waals surface area contributed by atoms with Crippen LogP contribution in [0.1, 0.15) is 25.3 Å². The number of carbonyl (C=O) groups excluding carboxylic acids is 2. The minimum atomic E-state index is -4.00. The standard InChI is InChI=1S/C9H12.C6H6O3S.C2H2O2/c1-8(2)9-6-4-3-5-7-9;7-10(8,9)6-4-2-1-3-5-6;3-1-2-4/h3-8H,1-2H3;1-5H,(H,7,8,9);1-2H. The zero-order valence-corrected chi connectivity index (χ0v) is 13.8. The van der Waals surface area contributed by atoms with Crippen molar-refractivity contribution in [3.05, 3.63) is 66.2 Å². The van der Waals surface area contributed by atoms with Crippen molar-refractivity contribution in [2.75, 3.05) is 0 Å². The largest absolute Gasteiger partial charge is 0.295 e. The Bertz CT molecular complexity index is 659. The number of rotatable bonds is 3. The van der Waals surface area contributed by atoms with Crippen molar-refractivity contribution < 1.29 is 22.6 Å². The van der Waals surface area contributed by atoms with Crippen LogP contribution in [-0.2, 0) is 19.7 Å². The average molecular weight is 336 g/mol. The summed E-state index contributed by atoms with van der Waals surface area (Å²) in [6.45, 7) is 4.41. The third-order valence-corrected chi connectivity index (χ3v) is 3.43. The molecule has 2 aromatic rings. The molecule has 0 radical (unpaired) electrons. The van der Waals surface area contributed by atoms with Gasteiger partial charge in [0.15, 0.2) is 12.6 Å². The zero-order valence-electron chi connectivity index (χ0n) is 13.0. The molecule has 0 aromatic heterocycles. The van der Waals surface area contributed by atoms with Crippen LogP contribution in [-0.4, -0.2) is 25.5 Å². The first-order chi connectivity index (χ1) is 10.8. The second-order valence-corrected chi connectivity index (χ2v) is 6.05. The molecular formula is C17H20O5S. The van der Waals surface area contributed by atoms with E-state index in [0.29, 0.717) is 5.92 Å². The smallest absolute Gasteiger partial charge is 0.294 e. The molecule has 0 spiro atoms. The van der Waals surface area contributed by atoms with Crippen LogP contribution in [0.15, 0.2) is 65.6 Å². The van der Waals surface area contributed by atoms with Gasteiger partial charge >= 0.3 is 0 Å². The Morgan fingerprint density at radius 1 is 0.826 bits per heavy atom. The number of carbonyl (C=O) groups is 2. The molecule has 0 unspecified atom stereocenters. The van der Waals surface area contributed by atoms with E-state index in [1.54, 1.807) is 18.2 Å². The predicted octanol–water partition coefficient (Wildman–Crippen LogP) is 3.13. The molecule has 0 aliphatic carbocycles. The molecule has 0 aliphatic rings. The van der Waals surface area contributed by atoms with Gasteiger partial charge in [-0.3, -0.25) is 14.1 Å². The first kappa shape index (κ1) is 20.7. The predicted molar refractivity (Wildman–Crippen MR) is 88.9 cm³/mol. The van der Waals surface area contributed by atoms with Crippen LogP contribution in [0, 0.1) is 0 Å². The molecule has 23 heavy (non-hydrogen) atoms. The van der Waals surface area contributed by atoms with Crippen molar-refractivity contribution in [1.82, 2.24) is 0 Å². The Morgan fingerprint density at radius 2 is 1.22 bits per heavy atom. The minimum absolute atomic E-state index is 0.0741. The van der Waals surface area contributed by atoms with Crippen molar-refractivity contribution in [3.63, 3.8) is 0 Å². The van der Waals surface area contributed by atoms with Gasteiger partial charge in [0.25, 0.3) is 10.1 Å². The maximum absolute atomic E-state index is 10.4. The van der Waals surface area contributed by atoms with Crippen molar-refractivity contribution in [1.29, 1.82) is 0 Å². The number of hydrogen-bond acceptors (Lipinski definition) is 4. The normalized spacial score (nSPS) is 9.74. The highest BCUT2D eigenvalue weighted by atomic mass is 32.2. The lowest BCUT2D eigenvalue weighted by molar-refractivity contribution is -0.122. The van der Waals surface area contributed by atoms with Crippen LogP contribution in [0.2, 0.25) is 0 Å². The molecule has 0 aliphatic heterocycles. The molecule has 0 atom stereocenters. The summed E-state index contributed by atoms with van der Waals surface area (Å²) in [6.07, 6.45) is 0.389. The van der Waals surface area contributed by atoms with Crippen LogP contribution in [0.25, 0.3) is 0 Å². The molecule has 0 amide bonds. The molecule has 0 heterocycles. The summed E-state index contributed by atoms with van der Waals surface area (Å²) in [4.78, 5) is 17.5. The molecule has 1 N–H and O–H groups in total. The second kappa shape index (κ2) is 11.3. The fourth-order valence-corrected chi connectivity index (χ4v) is 1.93. The van der Waals surface area contributed by atoms with Crippen LogP contribution >= 0.6 is 0 Å². The lowest BCUT2D eigenvalue weighted by atomic mass is 10.0. The first-order valence-electron chi connectivity index (χ1n) is 6.79. The highest BCUT2D eigenvalue weighted by Crippen LogP contribution is 2.11. The van der Waals surface area contributed by atoms with Crippen molar-refractivity contribution in [2.24, 2.45) is 0 Å². The molecule has 0 saturated carbocycles. The van der Waals surface area contributed by atoms with Crippen molar-refractivity contribution >= 4 is 22.7 Å².